The Morgan fingerprint density at radius 3 is 2.44 bits per heavy atom. The van der Waals surface area contributed by atoms with Crippen molar-refractivity contribution in [2.45, 2.75) is 23.6 Å². The van der Waals surface area contributed by atoms with Gasteiger partial charge in [0.05, 0.1) is 4.90 Å². The summed E-state index contributed by atoms with van der Waals surface area (Å²) in [5.41, 5.74) is 2.39. The Bertz CT molecular complexity index is 506. The average molecular weight is 230 g/mol. The summed E-state index contributed by atoms with van der Waals surface area (Å²) in [5, 5.41) is 9.77. The lowest BCUT2D eigenvalue weighted by atomic mass is 10.2. The second-order valence-electron chi connectivity index (χ2n) is 3.84. The van der Waals surface area contributed by atoms with E-state index in [4.69, 9.17) is 0 Å². The molecule has 0 fully saturated rings. The molecule has 0 aliphatic rings. The quantitative estimate of drug-likeness (QED) is 0.836. The third kappa shape index (κ3) is 2.39. The van der Waals surface area contributed by atoms with Gasteiger partial charge >= 0.3 is 0 Å². The molecule has 16 heavy (non-hydrogen) atoms. The maximum absolute atomic E-state index is 9.77. The maximum atomic E-state index is 9.77. The van der Waals surface area contributed by atoms with Crippen LogP contribution in [0.3, 0.4) is 0 Å². The van der Waals surface area contributed by atoms with Crippen LogP contribution < -0.4 is 0 Å². The summed E-state index contributed by atoms with van der Waals surface area (Å²) in [6.07, 6.45) is 0. The van der Waals surface area contributed by atoms with E-state index in [1.807, 2.05) is 31.2 Å². The molecular weight excluding hydrogens is 216 g/mol. The van der Waals surface area contributed by atoms with Gasteiger partial charge in [-0.1, -0.05) is 36.0 Å². The zero-order chi connectivity index (χ0) is 11.5. The van der Waals surface area contributed by atoms with Crippen LogP contribution in [0.4, 0.5) is 0 Å². The van der Waals surface area contributed by atoms with Crippen molar-refractivity contribution in [2.24, 2.45) is 0 Å². The summed E-state index contributed by atoms with van der Waals surface area (Å²) < 4.78 is 0. The van der Waals surface area contributed by atoms with Crippen molar-refractivity contribution >= 4 is 11.8 Å². The minimum atomic E-state index is 0.346. The molecular formula is C14H14OS. The smallest absolute Gasteiger partial charge is 0.129 e. The van der Waals surface area contributed by atoms with Gasteiger partial charge in [0.1, 0.15) is 5.75 Å². The number of benzene rings is 2. The molecule has 0 heterocycles. The van der Waals surface area contributed by atoms with Gasteiger partial charge in [-0.25, -0.2) is 0 Å². The summed E-state index contributed by atoms with van der Waals surface area (Å²) in [5.74, 6) is 0.346. The Labute approximate surface area is 100 Å². The molecule has 0 saturated heterocycles. The van der Waals surface area contributed by atoms with Crippen LogP contribution in [0.25, 0.3) is 0 Å². The molecule has 2 aromatic carbocycles. The van der Waals surface area contributed by atoms with Gasteiger partial charge in [-0.05, 0) is 43.2 Å². The molecule has 2 heteroatoms. The Kier molecular flexibility index (Phi) is 3.20. The fourth-order valence-corrected chi connectivity index (χ4v) is 2.52. The third-order valence-corrected chi connectivity index (χ3v) is 3.65. The van der Waals surface area contributed by atoms with Crippen LogP contribution in [0.1, 0.15) is 11.1 Å². The molecule has 1 nitrogen and oxygen atoms in total. The van der Waals surface area contributed by atoms with Crippen LogP contribution >= 0.6 is 11.8 Å². The standard InChI is InChI=1S/C14H14OS/c1-10-7-8-12(15)14(9-10)16-13-6-4-3-5-11(13)2/h3-9,15H,1-2H3. The first-order valence-corrected chi connectivity index (χ1v) is 6.01. The van der Waals surface area contributed by atoms with Crippen LogP contribution in [0, 0.1) is 13.8 Å². The fraction of sp³-hybridized carbons (Fsp3) is 0.143. The molecule has 0 aromatic heterocycles. The Balaban J connectivity index is 2.34. The summed E-state index contributed by atoms with van der Waals surface area (Å²) in [7, 11) is 0. The lowest BCUT2D eigenvalue weighted by molar-refractivity contribution is 0.462. The molecule has 0 bridgehead atoms. The highest BCUT2D eigenvalue weighted by molar-refractivity contribution is 7.99. The van der Waals surface area contributed by atoms with Gasteiger partial charge in [-0.2, -0.15) is 0 Å². The van der Waals surface area contributed by atoms with Crippen molar-refractivity contribution in [1.82, 2.24) is 0 Å². The molecule has 0 radical (unpaired) electrons. The number of aromatic hydroxyl groups is 1. The number of phenols is 1. The van der Waals surface area contributed by atoms with Crippen molar-refractivity contribution < 1.29 is 5.11 Å². The van der Waals surface area contributed by atoms with Gasteiger partial charge in [-0.15, -0.1) is 0 Å². The van der Waals surface area contributed by atoms with Gasteiger partial charge in [-0.3, -0.25) is 0 Å². The van der Waals surface area contributed by atoms with E-state index in [0.717, 1.165) is 10.5 Å². The minimum absolute atomic E-state index is 0.346. The van der Waals surface area contributed by atoms with E-state index in [1.54, 1.807) is 17.8 Å². The lowest BCUT2D eigenvalue weighted by Gasteiger charge is -2.07. The highest BCUT2D eigenvalue weighted by Crippen LogP contribution is 2.36. The predicted molar refractivity (Wildman–Crippen MR) is 68.1 cm³/mol. The van der Waals surface area contributed by atoms with E-state index in [-0.39, 0.29) is 0 Å². The summed E-state index contributed by atoms with van der Waals surface area (Å²) in [6.45, 7) is 4.11. The molecule has 0 saturated carbocycles. The van der Waals surface area contributed by atoms with Crippen molar-refractivity contribution in [3.05, 3.63) is 53.6 Å². The highest BCUT2D eigenvalue weighted by Gasteiger charge is 2.05. The molecule has 0 atom stereocenters. The average Bonchev–Trinajstić information content (AvgIpc) is 2.27. The summed E-state index contributed by atoms with van der Waals surface area (Å²) >= 11 is 1.60. The highest BCUT2D eigenvalue weighted by atomic mass is 32.2. The van der Waals surface area contributed by atoms with Crippen molar-refractivity contribution in [1.29, 1.82) is 0 Å². The van der Waals surface area contributed by atoms with Gasteiger partial charge in [0.2, 0.25) is 0 Å². The van der Waals surface area contributed by atoms with Crippen molar-refractivity contribution in [3.8, 4) is 5.75 Å². The first-order valence-electron chi connectivity index (χ1n) is 5.20. The Hall–Kier alpha value is -1.41. The zero-order valence-electron chi connectivity index (χ0n) is 9.40. The number of hydrogen-bond acceptors (Lipinski definition) is 2. The Morgan fingerprint density at radius 1 is 0.938 bits per heavy atom. The second-order valence-corrected chi connectivity index (χ2v) is 4.92. The van der Waals surface area contributed by atoms with Crippen LogP contribution in [-0.4, -0.2) is 5.11 Å². The molecule has 0 aliphatic heterocycles. The van der Waals surface area contributed by atoms with E-state index >= 15 is 0 Å². The van der Waals surface area contributed by atoms with E-state index in [1.165, 1.54) is 10.5 Å². The number of phenolic OH excluding ortho intramolecular Hbond substituents is 1. The van der Waals surface area contributed by atoms with Crippen molar-refractivity contribution in [3.63, 3.8) is 0 Å². The molecule has 0 spiro atoms. The van der Waals surface area contributed by atoms with E-state index in [9.17, 15) is 5.11 Å². The molecule has 0 aliphatic carbocycles. The second kappa shape index (κ2) is 4.62. The maximum Gasteiger partial charge on any atom is 0.129 e. The third-order valence-electron chi connectivity index (χ3n) is 2.43. The molecule has 2 rings (SSSR count). The molecule has 2 aromatic rings. The normalized spacial score (nSPS) is 10.4. The minimum Gasteiger partial charge on any atom is -0.507 e. The zero-order valence-corrected chi connectivity index (χ0v) is 10.2. The monoisotopic (exact) mass is 230 g/mol. The topological polar surface area (TPSA) is 20.2 Å². The van der Waals surface area contributed by atoms with Crippen LogP contribution in [-0.2, 0) is 0 Å². The fourth-order valence-electron chi connectivity index (χ4n) is 1.49. The number of rotatable bonds is 2. The first-order chi connectivity index (χ1) is 7.66. The largest absolute Gasteiger partial charge is 0.507 e. The molecule has 1 N–H and O–H groups in total. The number of hydrogen-bond donors (Lipinski definition) is 1. The van der Waals surface area contributed by atoms with E-state index in [2.05, 4.69) is 19.1 Å². The van der Waals surface area contributed by atoms with Gasteiger partial charge < -0.3 is 5.11 Å². The van der Waals surface area contributed by atoms with Gasteiger partial charge in [0.25, 0.3) is 0 Å². The van der Waals surface area contributed by atoms with Crippen molar-refractivity contribution in [2.75, 3.05) is 0 Å². The molecule has 82 valence electrons. The summed E-state index contributed by atoms with van der Waals surface area (Å²) in [6, 6.07) is 13.9. The molecule has 0 amide bonds. The first kappa shape index (κ1) is 11.1. The predicted octanol–water partition coefficient (Wildman–Crippen LogP) is 4.16. The van der Waals surface area contributed by atoms with E-state index in [0.29, 0.717) is 5.75 Å². The summed E-state index contributed by atoms with van der Waals surface area (Å²) in [4.78, 5) is 2.10. The number of aryl methyl sites for hydroxylation is 2. The molecule has 0 unspecified atom stereocenters. The Morgan fingerprint density at radius 2 is 1.69 bits per heavy atom. The van der Waals surface area contributed by atoms with Gasteiger partial charge in [0, 0.05) is 4.90 Å². The van der Waals surface area contributed by atoms with Crippen LogP contribution in [0.5, 0.6) is 5.75 Å². The SMILES string of the molecule is Cc1ccc(O)c(Sc2ccccc2C)c1. The van der Waals surface area contributed by atoms with Gasteiger partial charge in [0.15, 0.2) is 0 Å². The van der Waals surface area contributed by atoms with E-state index < -0.39 is 0 Å². The van der Waals surface area contributed by atoms with Crippen LogP contribution in [0.2, 0.25) is 0 Å². The lowest BCUT2D eigenvalue weighted by Crippen LogP contribution is -1.81. The van der Waals surface area contributed by atoms with Crippen LogP contribution in [0.15, 0.2) is 52.3 Å².